The lowest BCUT2D eigenvalue weighted by atomic mass is 10.2. The molecule has 1 aromatic carbocycles. The van der Waals surface area contributed by atoms with Crippen molar-refractivity contribution < 1.29 is 4.92 Å². The number of rotatable bonds is 5. The Labute approximate surface area is 135 Å². The summed E-state index contributed by atoms with van der Waals surface area (Å²) in [4.78, 5) is 14.4. The summed E-state index contributed by atoms with van der Waals surface area (Å²) >= 11 is 0. The molecule has 6 nitrogen and oxygen atoms in total. The molecular formula is C13H17IN4O2. The topological polar surface area (TPSA) is 79.6 Å². The zero-order valence-electron chi connectivity index (χ0n) is 11.1. The Hall–Kier alpha value is -1.82. The lowest BCUT2D eigenvalue weighted by Crippen LogP contribution is -2.37. The predicted octanol–water partition coefficient (Wildman–Crippen LogP) is 1.90. The van der Waals surface area contributed by atoms with Crippen molar-refractivity contribution in [2.45, 2.75) is 13.5 Å². The normalized spacial score (nSPS) is 10.1. The van der Waals surface area contributed by atoms with Gasteiger partial charge in [-0.25, -0.2) is 4.99 Å². The van der Waals surface area contributed by atoms with Crippen LogP contribution in [0.3, 0.4) is 0 Å². The second kappa shape index (κ2) is 10.0. The van der Waals surface area contributed by atoms with Gasteiger partial charge in [0.1, 0.15) is 0 Å². The number of nitro benzene ring substituents is 1. The van der Waals surface area contributed by atoms with Gasteiger partial charge in [0, 0.05) is 18.7 Å². The van der Waals surface area contributed by atoms with Crippen molar-refractivity contribution >= 4 is 35.6 Å². The van der Waals surface area contributed by atoms with Crippen LogP contribution in [0.2, 0.25) is 0 Å². The third-order valence-corrected chi connectivity index (χ3v) is 2.27. The molecule has 0 amide bonds. The van der Waals surface area contributed by atoms with E-state index >= 15 is 0 Å². The van der Waals surface area contributed by atoms with E-state index < -0.39 is 4.92 Å². The average Bonchev–Trinajstić information content (AvgIpc) is 2.42. The van der Waals surface area contributed by atoms with Gasteiger partial charge in [0.25, 0.3) is 5.69 Å². The maximum absolute atomic E-state index is 10.5. The molecule has 0 radical (unpaired) electrons. The molecule has 0 heterocycles. The number of terminal acetylenes is 1. The van der Waals surface area contributed by atoms with Crippen LogP contribution in [0.15, 0.2) is 29.3 Å². The molecule has 0 atom stereocenters. The van der Waals surface area contributed by atoms with Gasteiger partial charge in [0.2, 0.25) is 0 Å². The van der Waals surface area contributed by atoms with Gasteiger partial charge in [-0.1, -0.05) is 18.1 Å². The first-order chi connectivity index (χ1) is 9.17. The van der Waals surface area contributed by atoms with E-state index in [0.717, 1.165) is 12.1 Å². The van der Waals surface area contributed by atoms with E-state index in [2.05, 4.69) is 21.5 Å². The number of aliphatic imine (C=N–C) groups is 1. The monoisotopic (exact) mass is 388 g/mol. The highest BCUT2D eigenvalue weighted by molar-refractivity contribution is 14.0. The predicted molar refractivity (Wildman–Crippen MR) is 90.2 cm³/mol. The van der Waals surface area contributed by atoms with Gasteiger partial charge in [-0.3, -0.25) is 10.1 Å². The first kappa shape index (κ1) is 18.2. The third-order valence-electron chi connectivity index (χ3n) is 2.27. The van der Waals surface area contributed by atoms with Crippen molar-refractivity contribution in [1.82, 2.24) is 10.6 Å². The highest BCUT2D eigenvalue weighted by atomic mass is 127. The molecule has 2 N–H and O–H groups in total. The molecule has 1 aromatic rings. The van der Waals surface area contributed by atoms with Crippen LogP contribution in [-0.2, 0) is 6.54 Å². The number of nitrogens with one attached hydrogen (secondary N) is 2. The molecule has 0 spiro atoms. The summed E-state index contributed by atoms with van der Waals surface area (Å²) in [6.45, 7) is 3.51. The lowest BCUT2D eigenvalue weighted by molar-refractivity contribution is -0.384. The first-order valence-electron chi connectivity index (χ1n) is 5.86. The zero-order valence-corrected chi connectivity index (χ0v) is 13.5. The summed E-state index contributed by atoms with van der Waals surface area (Å²) in [6, 6.07) is 6.30. The van der Waals surface area contributed by atoms with Crippen molar-refractivity contribution in [3.63, 3.8) is 0 Å². The van der Waals surface area contributed by atoms with Gasteiger partial charge in [-0.05, 0) is 12.5 Å². The van der Waals surface area contributed by atoms with Gasteiger partial charge in [-0.2, -0.15) is 0 Å². The van der Waals surface area contributed by atoms with Crippen LogP contribution in [0, 0.1) is 22.5 Å². The van der Waals surface area contributed by atoms with E-state index in [1.807, 2.05) is 6.92 Å². The Morgan fingerprint density at radius 2 is 2.05 bits per heavy atom. The van der Waals surface area contributed by atoms with Gasteiger partial charge in [0.05, 0.1) is 18.0 Å². The summed E-state index contributed by atoms with van der Waals surface area (Å²) in [5.41, 5.74) is 0.966. The summed E-state index contributed by atoms with van der Waals surface area (Å²) in [6.07, 6.45) is 5.17. The van der Waals surface area contributed by atoms with E-state index in [1.165, 1.54) is 12.1 Å². The summed E-state index contributed by atoms with van der Waals surface area (Å²) in [7, 11) is 0. The number of guanidine groups is 1. The molecule has 0 fully saturated rings. The number of non-ortho nitro benzene ring substituents is 1. The summed E-state index contributed by atoms with van der Waals surface area (Å²) in [5, 5.41) is 16.5. The quantitative estimate of drug-likeness (QED) is 0.202. The van der Waals surface area contributed by atoms with Crippen LogP contribution in [-0.4, -0.2) is 24.0 Å². The highest BCUT2D eigenvalue weighted by Gasteiger charge is 2.03. The summed E-state index contributed by atoms with van der Waals surface area (Å²) < 4.78 is 0. The van der Waals surface area contributed by atoms with Crippen LogP contribution in [0.5, 0.6) is 0 Å². The second-order valence-corrected chi connectivity index (χ2v) is 3.68. The molecule has 1 rings (SSSR count). The van der Waals surface area contributed by atoms with Gasteiger partial charge >= 0.3 is 0 Å². The van der Waals surface area contributed by atoms with E-state index in [4.69, 9.17) is 6.42 Å². The van der Waals surface area contributed by atoms with Gasteiger partial charge < -0.3 is 10.6 Å². The van der Waals surface area contributed by atoms with E-state index in [9.17, 15) is 10.1 Å². The van der Waals surface area contributed by atoms with Gasteiger partial charge in [0.15, 0.2) is 5.96 Å². The Morgan fingerprint density at radius 3 is 2.55 bits per heavy atom. The molecule has 0 saturated heterocycles. The van der Waals surface area contributed by atoms with Crippen molar-refractivity contribution in [2.75, 3.05) is 13.1 Å². The SMILES string of the molecule is C#CCNC(=NCc1ccc([N+](=O)[O-])cc1)NCC.I. The molecule has 0 aliphatic heterocycles. The molecule has 0 aromatic heterocycles. The minimum Gasteiger partial charge on any atom is -0.357 e. The van der Waals surface area contributed by atoms with E-state index in [0.29, 0.717) is 19.0 Å². The van der Waals surface area contributed by atoms with Gasteiger partial charge in [-0.15, -0.1) is 30.4 Å². The Kier molecular flexibility index (Phi) is 9.11. The smallest absolute Gasteiger partial charge is 0.269 e. The molecule has 7 heteroatoms. The molecule has 0 saturated carbocycles. The van der Waals surface area contributed by atoms with Crippen molar-refractivity contribution in [3.05, 3.63) is 39.9 Å². The molecule has 20 heavy (non-hydrogen) atoms. The highest BCUT2D eigenvalue weighted by Crippen LogP contribution is 2.12. The largest absolute Gasteiger partial charge is 0.357 e. The maximum atomic E-state index is 10.5. The molecule has 108 valence electrons. The first-order valence-corrected chi connectivity index (χ1v) is 5.86. The average molecular weight is 388 g/mol. The van der Waals surface area contributed by atoms with Crippen molar-refractivity contribution in [3.8, 4) is 12.3 Å². The number of hydrogen-bond acceptors (Lipinski definition) is 3. The molecule has 0 bridgehead atoms. The van der Waals surface area contributed by atoms with Crippen LogP contribution in [0.4, 0.5) is 5.69 Å². The van der Waals surface area contributed by atoms with Crippen molar-refractivity contribution in [1.29, 1.82) is 0 Å². The minimum absolute atomic E-state index is 0. The van der Waals surface area contributed by atoms with E-state index in [-0.39, 0.29) is 29.7 Å². The fourth-order valence-corrected chi connectivity index (χ4v) is 1.37. The second-order valence-electron chi connectivity index (χ2n) is 3.68. The third kappa shape index (κ3) is 6.38. The Balaban J connectivity index is 0.00000361. The fourth-order valence-electron chi connectivity index (χ4n) is 1.37. The van der Waals surface area contributed by atoms with Crippen LogP contribution in [0.1, 0.15) is 12.5 Å². The number of halogens is 1. The standard InChI is InChI=1S/C13H16N4O2.HI/c1-3-9-15-13(14-4-2)16-10-11-5-7-12(8-6-11)17(18)19;/h1,5-8H,4,9-10H2,2H3,(H2,14,15,16);1H. The molecule has 0 aliphatic carbocycles. The lowest BCUT2D eigenvalue weighted by Gasteiger charge is -2.08. The number of nitro groups is 1. The Bertz CT molecular complexity index is 494. The van der Waals surface area contributed by atoms with Crippen molar-refractivity contribution in [2.24, 2.45) is 4.99 Å². The molecular weight excluding hydrogens is 371 g/mol. The van der Waals surface area contributed by atoms with Crippen LogP contribution in [0.25, 0.3) is 0 Å². The number of benzene rings is 1. The fraction of sp³-hybridized carbons (Fsp3) is 0.308. The number of hydrogen-bond donors (Lipinski definition) is 2. The molecule has 0 aliphatic rings. The zero-order chi connectivity index (χ0) is 14.1. The van der Waals surface area contributed by atoms with E-state index in [1.54, 1.807) is 12.1 Å². The van der Waals surface area contributed by atoms with Crippen LogP contribution >= 0.6 is 24.0 Å². The summed E-state index contributed by atoms with van der Waals surface area (Å²) in [5.74, 6) is 3.09. The van der Waals surface area contributed by atoms with Crippen LogP contribution < -0.4 is 10.6 Å². The molecule has 0 unspecified atom stereocenters. The maximum Gasteiger partial charge on any atom is 0.269 e. The number of nitrogens with zero attached hydrogens (tertiary/aromatic N) is 2. The minimum atomic E-state index is -0.425. The Morgan fingerprint density at radius 1 is 1.40 bits per heavy atom.